The third-order valence-corrected chi connectivity index (χ3v) is 7.13. The van der Waals surface area contributed by atoms with Crippen molar-refractivity contribution in [3.8, 4) is 11.3 Å². The predicted octanol–water partition coefficient (Wildman–Crippen LogP) is 3.42. The van der Waals surface area contributed by atoms with Crippen molar-refractivity contribution in [2.75, 3.05) is 10.0 Å². The molecule has 0 unspecified atom stereocenters. The lowest BCUT2D eigenvalue weighted by Crippen LogP contribution is -2.15. The molecule has 0 atom stereocenters. The first-order chi connectivity index (χ1) is 17.7. The zero-order valence-electron chi connectivity index (χ0n) is 19.6. The molecule has 5 rings (SSSR count). The van der Waals surface area contributed by atoms with Gasteiger partial charge in [-0.05, 0) is 56.3 Å². The van der Waals surface area contributed by atoms with E-state index in [9.17, 15) is 13.2 Å². The maximum absolute atomic E-state index is 12.9. The quantitative estimate of drug-likeness (QED) is 0.321. The third-order valence-electron chi connectivity index (χ3n) is 5.56. The Morgan fingerprint density at radius 1 is 1.08 bits per heavy atom. The largest absolute Gasteiger partial charge is 0.321 e. The highest BCUT2D eigenvalue weighted by Gasteiger charge is 2.18. The van der Waals surface area contributed by atoms with E-state index in [-0.39, 0.29) is 21.6 Å². The summed E-state index contributed by atoms with van der Waals surface area (Å²) in [5.74, 6) is -0.443. The highest BCUT2D eigenvalue weighted by molar-refractivity contribution is 7.92. The van der Waals surface area contributed by atoms with Gasteiger partial charge in [-0.15, -0.1) is 10.2 Å². The van der Waals surface area contributed by atoms with Crippen LogP contribution in [0.2, 0.25) is 5.15 Å². The Hall–Kier alpha value is -4.36. The number of carbonyl (C=O) groups is 1. The van der Waals surface area contributed by atoms with Crippen molar-refractivity contribution in [3.63, 3.8) is 0 Å². The molecule has 4 heterocycles. The minimum Gasteiger partial charge on any atom is -0.321 e. The van der Waals surface area contributed by atoms with E-state index >= 15 is 0 Å². The molecule has 0 bridgehead atoms. The van der Waals surface area contributed by atoms with Crippen LogP contribution in [0.25, 0.3) is 16.9 Å². The molecule has 2 N–H and O–H groups in total. The highest BCUT2D eigenvalue weighted by Crippen LogP contribution is 2.24. The fraction of sp³-hybridized carbons (Fsp3) is 0.130. The van der Waals surface area contributed by atoms with Gasteiger partial charge in [-0.25, -0.2) is 17.9 Å². The Bertz CT molecular complexity index is 1710. The van der Waals surface area contributed by atoms with Gasteiger partial charge in [-0.3, -0.25) is 14.2 Å². The number of nitrogens with one attached hydrogen (secondary N) is 2. The molecule has 37 heavy (non-hydrogen) atoms. The molecule has 12 nitrogen and oxygen atoms in total. The lowest BCUT2D eigenvalue weighted by atomic mass is 10.2. The number of aryl methyl sites for hydroxylation is 1. The van der Waals surface area contributed by atoms with Crippen molar-refractivity contribution in [3.05, 3.63) is 77.5 Å². The molecule has 188 valence electrons. The number of nitrogens with zero attached hydrogens (tertiary/aromatic N) is 7. The number of aromatic nitrogens is 7. The summed E-state index contributed by atoms with van der Waals surface area (Å²) in [7, 11) is -3.91. The Kier molecular flexibility index (Phi) is 6.31. The number of hydrogen-bond acceptors (Lipinski definition) is 8. The van der Waals surface area contributed by atoms with E-state index < -0.39 is 15.9 Å². The van der Waals surface area contributed by atoms with Gasteiger partial charge in [0.05, 0.1) is 16.8 Å². The average Bonchev–Trinajstić information content (AvgIpc) is 3.49. The number of fused-ring (bicyclic) bond motifs is 1. The second-order valence-corrected chi connectivity index (χ2v) is 9.98. The van der Waals surface area contributed by atoms with E-state index in [1.165, 1.54) is 36.4 Å². The summed E-state index contributed by atoms with van der Waals surface area (Å²) >= 11 is 5.68. The molecule has 0 saturated carbocycles. The van der Waals surface area contributed by atoms with Gasteiger partial charge in [0, 0.05) is 35.8 Å². The zero-order chi connectivity index (χ0) is 26.2. The van der Waals surface area contributed by atoms with Gasteiger partial charge >= 0.3 is 0 Å². The molecule has 4 aromatic heterocycles. The van der Waals surface area contributed by atoms with Crippen LogP contribution in [-0.4, -0.2) is 48.9 Å². The fourth-order valence-corrected chi connectivity index (χ4v) is 4.80. The zero-order valence-corrected chi connectivity index (χ0v) is 21.2. The molecule has 0 aliphatic heterocycles. The summed E-state index contributed by atoms with van der Waals surface area (Å²) in [5, 5.41) is 19.0. The van der Waals surface area contributed by atoms with Crippen LogP contribution in [0.3, 0.4) is 0 Å². The molecular formula is C23H20ClN9O3S. The fourth-order valence-electron chi connectivity index (χ4n) is 3.71. The Balaban J connectivity index is 1.35. The third kappa shape index (κ3) is 4.86. The molecule has 1 aromatic carbocycles. The van der Waals surface area contributed by atoms with Crippen LogP contribution >= 0.6 is 11.6 Å². The molecular weight excluding hydrogens is 518 g/mol. The van der Waals surface area contributed by atoms with Crippen molar-refractivity contribution in [2.45, 2.75) is 25.3 Å². The number of halogens is 1. The number of anilines is 2. The standard InChI is InChI=1S/C23H20ClN9O3S/c1-3-32-14(2)17(13-26-32)19-10-11-25-22-12-18(30-33(19)22)23(34)27-15-4-6-16(7-5-15)37(35,36)31-21-9-8-20(24)28-29-21/h4-13H,3H2,1-2H3,(H,27,34)(H,29,31). The summed E-state index contributed by atoms with van der Waals surface area (Å²) in [6.07, 6.45) is 3.42. The van der Waals surface area contributed by atoms with Gasteiger partial charge in [-0.2, -0.15) is 10.2 Å². The molecule has 0 fully saturated rings. The lowest BCUT2D eigenvalue weighted by molar-refractivity contribution is 0.102. The maximum Gasteiger partial charge on any atom is 0.276 e. The SMILES string of the molecule is CCn1ncc(-c2ccnc3cc(C(=O)Nc4ccc(S(=O)(=O)Nc5ccc(Cl)nn5)cc4)nn23)c1C. The topological polar surface area (TPSA) is 149 Å². The van der Waals surface area contributed by atoms with Gasteiger partial charge in [0.1, 0.15) is 0 Å². The minimum absolute atomic E-state index is 0.0215. The molecule has 1 amide bonds. The normalized spacial score (nSPS) is 11.5. The van der Waals surface area contributed by atoms with Crippen LogP contribution in [-0.2, 0) is 16.6 Å². The van der Waals surface area contributed by atoms with Crippen LogP contribution in [0.5, 0.6) is 0 Å². The first-order valence-electron chi connectivity index (χ1n) is 11.1. The van der Waals surface area contributed by atoms with Crippen LogP contribution in [0.15, 0.2) is 65.8 Å². The van der Waals surface area contributed by atoms with Gasteiger partial charge < -0.3 is 5.32 Å². The Morgan fingerprint density at radius 2 is 1.86 bits per heavy atom. The van der Waals surface area contributed by atoms with Crippen molar-refractivity contribution in [2.24, 2.45) is 0 Å². The number of rotatable bonds is 7. The van der Waals surface area contributed by atoms with Crippen molar-refractivity contribution < 1.29 is 13.2 Å². The van der Waals surface area contributed by atoms with Crippen LogP contribution < -0.4 is 10.0 Å². The van der Waals surface area contributed by atoms with E-state index in [0.29, 0.717) is 11.3 Å². The molecule has 0 aliphatic carbocycles. The van der Waals surface area contributed by atoms with Crippen molar-refractivity contribution in [1.29, 1.82) is 0 Å². The summed E-state index contributed by atoms with van der Waals surface area (Å²) in [5.41, 5.74) is 3.67. The number of sulfonamides is 1. The van der Waals surface area contributed by atoms with E-state index in [4.69, 9.17) is 11.6 Å². The highest BCUT2D eigenvalue weighted by atomic mass is 35.5. The number of carbonyl (C=O) groups excluding carboxylic acids is 1. The average molecular weight is 538 g/mol. The van der Waals surface area contributed by atoms with Gasteiger partial charge in [-0.1, -0.05) is 11.6 Å². The minimum atomic E-state index is -3.91. The Morgan fingerprint density at radius 3 is 2.54 bits per heavy atom. The van der Waals surface area contributed by atoms with Gasteiger partial charge in [0.2, 0.25) is 0 Å². The molecule has 0 aliphatic rings. The second kappa shape index (κ2) is 9.59. The smallest absolute Gasteiger partial charge is 0.276 e. The van der Waals surface area contributed by atoms with Crippen molar-refractivity contribution >= 4 is 44.7 Å². The van der Waals surface area contributed by atoms with Gasteiger partial charge in [0.25, 0.3) is 15.9 Å². The van der Waals surface area contributed by atoms with Crippen LogP contribution in [0, 0.1) is 6.92 Å². The molecule has 0 radical (unpaired) electrons. The lowest BCUT2D eigenvalue weighted by Gasteiger charge is -2.08. The number of benzene rings is 1. The monoisotopic (exact) mass is 537 g/mol. The van der Waals surface area contributed by atoms with Crippen LogP contribution in [0.4, 0.5) is 11.5 Å². The second-order valence-electron chi connectivity index (χ2n) is 7.91. The van der Waals surface area contributed by atoms with E-state index in [1.807, 2.05) is 24.6 Å². The van der Waals surface area contributed by atoms with E-state index in [0.717, 1.165) is 23.5 Å². The maximum atomic E-state index is 12.9. The molecule has 14 heteroatoms. The summed E-state index contributed by atoms with van der Waals surface area (Å²) < 4.78 is 31.0. The molecule has 0 spiro atoms. The van der Waals surface area contributed by atoms with E-state index in [1.54, 1.807) is 23.0 Å². The number of amides is 1. The predicted molar refractivity (Wildman–Crippen MR) is 137 cm³/mol. The van der Waals surface area contributed by atoms with Crippen LogP contribution in [0.1, 0.15) is 23.1 Å². The summed E-state index contributed by atoms with van der Waals surface area (Å²) in [6.45, 7) is 4.71. The summed E-state index contributed by atoms with van der Waals surface area (Å²) in [6, 6.07) is 11.9. The Labute approximate surface area is 216 Å². The number of hydrogen-bond donors (Lipinski definition) is 2. The summed E-state index contributed by atoms with van der Waals surface area (Å²) in [4.78, 5) is 17.2. The molecule has 5 aromatic rings. The van der Waals surface area contributed by atoms with E-state index in [2.05, 4.69) is 35.4 Å². The molecule has 0 saturated heterocycles. The first kappa shape index (κ1) is 24.3. The van der Waals surface area contributed by atoms with Gasteiger partial charge in [0.15, 0.2) is 22.3 Å². The first-order valence-corrected chi connectivity index (χ1v) is 12.9. The van der Waals surface area contributed by atoms with Crippen molar-refractivity contribution in [1.82, 2.24) is 34.6 Å².